The van der Waals surface area contributed by atoms with Crippen LogP contribution in [0.4, 0.5) is 0 Å². The van der Waals surface area contributed by atoms with Crippen molar-refractivity contribution in [1.82, 2.24) is 0 Å². The Balaban J connectivity index is 2.28. The highest BCUT2D eigenvalue weighted by atomic mass is 16.5. The summed E-state index contributed by atoms with van der Waals surface area (Å²) in [5.74, 6) is 0.808. The number of ether oxygens (including phenoxy) is 1. The molecule has 0 saturated heterocycles. The van der Waals surface area contributed by atoms with Crippen molar-refractivity contribution < 1.29 is 9.53 Å². The first kappa shape index (κ1) is 20.2. The van der Waals surface area contributed by atoms with E-state index < -0.39 is 0 Å². The van der Waals surface area contributed by atoms with Crippen LogP contribution in [0, 0.1) is 0 Å². The highest BCUT2D eigenvalue weighted by molar-refractivity contribution is 5.93. The van der Waals surface area contributed by atoms with Gasteiger partial charge in [-0.05, 0) is 40.0 Å². The van der Waals surface area contributed by atoms with Gasteiger partial charge < -0.3 is 4.74 Å². The Bertz CT molecular complexity index is 698. The number of esters is 1. The van der Waals surface area contributed by atoms with Crippen LogP contribution in [0.15, 0.2) is 42.5 Å². The average Bonchev–Trinajstić information content (AvgIpc) is 2.61. The predicted molar refractivity (Wildman–Crippen MR) is 109 cm³/mol. The van der Waals surface area contributed by atoms with Crippen LogP contribution in [-0.4, -0.2) is 12.6 Å². The average molecular weight is 353 g/mol. The van der Waals surface area contributed by atoms with Crippen molar-refractivity contribution in [3.05, 3.63) is 70.3 Å². The predicted octanol–water partition coefficient (Wildman–Crippen LogP) is 6.46. The van der Waals surface area contributed by atoms with Gasteiger partial charge in [-0.3, -0.25) is 0 Å². The summed E-state index contributed by atoms with van der Waals surface area (Å²) in [5, 5.41) is 0. The molecule has 0 fully saturated rings. The first-order chi connectivity index (χ1) is 12.3. The van der Waals surface area contributed by atoms with Crippen LogP contribution in [0.2, 0.25) is 0 Å². The Morgan fingerprint density at radius 1 is 0.846 bits per heavy atom. The van der Waals surface area contributed by atoms with Gasteiger partial charge in [0.25, 0.3) is 0 Å². The molecular weight excluding hydrogens is 320 g/mol. The third-order valence-electron chi connectivity index (χ3n) is 4.80. The molecule has 2 nitrogen and oxygen atoms in total. The minimum atomic E-state index is -0.191. The summed E-state index contributed by atoms with van der Waals surface area (Å²) < 4.78 is 5.68. The van der Waals surface area contributed by atoms with Crippen LogP contribution in [0.25, 0.3) is 0 Å². The number of hydrogen-bond acceptors (Lipinski definition) is 2. The van der Waals surface area contributed by atoms with Gasteiger partial charge in [0.2, 0.25) is 0 Å². The van der Waals surface area contributed by atoms with Gasteiger partial charge in [0, 0.05) is 6.42 Å². The molecule has 0 spiro atoms. The lowest BCUT2D eigenvalue weighted by Gasteiger charge is -2.22. The summed E-state index contributed by atoms with van der Waals surface area (Å²) >= 11 is 0. The van der Waals surface area contributed by atoms with E-state index in [0.29, 0.717) is 12.5 Å². The monoisotopic (exact) mass is 352 g/mol. The lowest BCUT2D eigenvalue weighted by atomic mass is 9.84. The summed E-state index contributed by atoms with van der Waals surface area (Å²) in [5.41, 5.74) is 5.45. The van der Waals surface area contributed by atoms with Crippen molar-refractivity contribution in [3.63, 3.8) is 0 Å². The number of benzene rings is 2. The van der Waals surface area contributed by atoms with Gasteiger partial charge in [-0.15, -0.1) is 0 Å². The molecule has 2 rings (SSSR count). The molecule has 140 valence electrons. The van der Waals surface area contributed by atoms with Crippen molar-refractivity contribution in [1.29, 1.82) is 0 Å². The second-order valence-corrected chi connectivity index (χ2v) is 7.91. The van der Waals surface area contributed by atoms with Crippen molar-refractivity contribution in [3.8, 4) is 0 Å². The Morgan fingerprint density at radius 3 is 1.85 bits per heavy atom. The Morgan fingerprint density at radius 2 is 1.38 bits per heavy atom. The molecule has 0 N–H and O–H groups in total. The molecule has 0 amide bonds. The number of hydrogen-bond donors (Lipinski definition) is 0. The molecule has 0 radical (unpaired) electrons. The molecule has 2 aromatic rings. The number of rotatable bonds is 7. The highest BCUT2D eigenvalue weighted by Crippen LogP contribution is 2.32. The fourth-order valence-corrected chi connectivity index (χ4v) is 3.17. The van der Waals surface area contributed by atoms with Gasteiger partial charge in [0.05, 0.1) is 12.2 Å². The highest BCUT2D eigenvalue weighted by Gasteiger charge is 2.23. The van der Waals surface area contributed by atoms with Crippen molar-refractivity contribution in [2.24, 2.45) is 0 Å². The fraction of sp³-hybridized carbons (Fsp3) is 0.458. The fourth-order valence-electron chi connectivity index (χ4n) is 3.17. The summed E-state index contributed by atoms with van der Waals surface area (Å²) in [7, 11) is 0. The van der Waals surface area contributed by atoms with E-state index in [-0.39, 0.29) is 17.8 Å². The molecule has 0 unspecified atom stereocenters. The van der Waals surface area contributed by atoms with Crippen molar-refractivity contribution in [2.75, 3.05) is 6.61 Å². The van der Waals surface area contributed by atoms with E-state index in [2.05, 4.69) is 65.8 Å². The maximum Gasteiger partial charge on any atom is 0.338 e. The molecule has 0 bridgehead atoms. The summed E-state index contributed by atoms with van der Waals surface area (Å²) in [6.07, 6.45) is 0.741. The van der Waals surface area contributed by atoms with Crippen LogP contribution in [0.5, 0.6) is 0 Å². The first-order valence-corrected chi connectivity index (χ1v) is 9.70. The topological polar surface area (TPSA) is 26.3 Å². The zero-order valence-corrected chi connectivity index (χ0v) is 17.0. The van der Waals surface area contributed by atoms with Gasteiger partial charge >= 0.3 is 5.97 Å². The van der Waals surface area contributed by atoms with E-state index >= 15 is 0 Å². The standard InChI is InChI=1S/C24H32O2/c1-16(2)20-14-21(17(3)4)23(22(15-20)18(5)6)24(25)26-13-12-19-10-8-7-9-11-19/h7-11,14-18H,12-13H2,1-6H3. The molecular formula is C24H32O2. The van der Waals surface area contributed by atoms with Crippen LogP contribution in [0.3, 0.4) is 0 Å². The first-order valence-electron chi connectivity index (χ1n) is 9.70. The van der Waals surface area contributed by atoms with E-state index in [1.165, 1.54) is 11.1 Å². The second kappa shape index (κ2) is 9.02. The van der Waals surface area contributed by atoms with Gasteiger partial charge in [-0.2, -0.15) is 0 Å². The summed E-state index contributed by atoms with van der Waals surface area (Å²) in [4.78, 5) is 12.9. The molecule has 2 aromatic carbocycles. The van der Waals surface area contributed by atoms with Crippen LogP contribution < -0.4 is 0 Å². The van der Waals surface area contributed by atoms with Gasteiger partial charge in [-0.25, -0.2) is 4.79 Å². The molecule has 0 aromatic heterocycles. The SMILES string of the molecule is CC(C)c1cc(C(C)C)c(C(=O)OCCc2ccccc2)c(C(C)C)c1. The van der Waals surface area contributed by atoms with E-state index in [1.54, 1.807) is 0 Å². The third-order valence-corrected chi connectivity index (χ3v) is 4.80. The molecule has 2 heteroatoms. The molecule has 0 aliphatic heterocycles. The molecule has 0 heterocycles. The molecule has 0 atom stereocenters. The molecule has 26 heavy (non-hydrogen) atoms. The van der Waals surface area contributed by atoms with Crippen molar-refractivity contribution in [2.45, 2.75) is 65.7 Å². The Labute approximate surface area is 158 Å². The van der Waals surface area contributed by atoms with E-state index in [1.807, 2.05) is 18.2 Å². The minimum Gasteiger partial charge on any atom is -0.462 e. The quantitative estimate of drug-likeness (QED) is 0.535. The Kier molecular flexibility index (Phi) is 7.02. The van der Waals surface area contributed by atoms with Crippen LogP contribution in [0.1, 0.15) is 91.9 Å². The van der Waals surface area contributed by atoms with Crippen LogP contribution >= 0.6 is 0 Å². The Hall–Kier alpha value is -2.09. The number of carbonyl (C=O) groups is 1. The largest absolute Gasteiger partial charge is 0.462 e. The van der Waals surface area contributed by atoms with Crippen LogP contribution in [-0.2, 0) is 11.2 Å². The molecule has 0 aliphatic rings. The van der Waals surface area contributed by atoms with Gasteiger partial charge in [0.1, 0.15) is 0 Å². The summed E-state index contributed by atoms with van der Waals surface area (Å²) in [6.45, 7) is 13.4. The number of carbonyl (C=O) groups excluding carboxylic acids is 1. The lowest BCUT2D eigenvalue weighted by Crippen LogP contribution is -2.16. The zero-order valence-electron chi connectivity index (χ0n) is 17.0. The van der Waals surface area contributed by atoms with E-state index in [0.717, 1.165) is 23.1 Å². The maximum atomic E-state index is 12.9. The second-order valence-electron chi connectivity index (χ2n) is 7.91. The zero-order chi connectivity index (χ0) is 19.3. The summed E-state index contributed by atoms with van der Waals surface area (Å²) in [6, 6.07) is 14.5. The van der Waals surface area contributed by atoms with Gasteiger partial charge in [-0.1, -0.05) is 84.0 Å². The lowest BCUT2D eigenvalue weighted by molar-refractivity contribution is 0.0505. The smallest absolute Gasteiger partial charge is 0.338 e. The molecule has 0 saturated carbocycles. The normalized spacial score (nSPS) is 11.4. The maximum absolute atomic E-state index is 12.9. The minimum absolute atomic E-state index is 0.191. The van der Waals surface area contributed by atoms with E-state index in [9.17, 15) is 4.79 Å². The van der Waals surface area contributed by atoms with Crippen molar-refractivity contribution >= 4 is 5.97 Å². The van der Waals surface area contributed by atoms with Gasteiger partial charge in [0.15, 0.2) is 0 Å². The third kappa shape index (κ3) is 4.97. The molecule has 0 aliphatic carbocycles. The van der Waals surface area contributed by atoms with E-state index in [4.69, 9.17) is 4.74 Å².